The zero-order valence-electron chi connectivity index (χ0n) is 9.33. The van der Waals surface area contributed by atoms with Crippen molar-refractivity contribution >= 4 is 11.6 Å². The van der Waals surface area contributed by atoms with Gasteiger partial charge in [0.05, 0.1) is 0 Å². The molecule has 1 rings (SSSR count). The first-order valence-electron chi connectivity index (χ1n) is 5.32. The fourth-order valence-corrected chi connectivity index (χ4v) is 1.71. The highest BCUT2D eigenvalue weighted by Gasteiger charge is 2.08. The number of nitrogens with one attached hydrogen (secondary N) is 1. The van der Waals surface area contributed by atoms with Crippen LogP contribution in [0.3, 0.4) is 0 Å². The summed E-state index contributed by atoms with van der Waals surface area (Å²) in [6.45, 7) is 2.60. The van der Waals surface area contributed by atoms with Crippen LogP contribution in [0.15, 0.2) is 18.2 Å². The van der Waals surface area contributed by atoms with Crippen LogP contribution in [-0.4, -0.2) is 11.1 Å². The Balaban J connectivity index is 2.64. The van der Waals surface area contributed by atoms with Crippen LogP contribution in [0.1, 0.15) is 25.3 Å². The fraction of sp³-hybridized carbons (Fsp3) is 0.385. The Bertz CT molecular complexity index is 364. The van der Waals surface area contributed by atoms with Gasteiger partial charge in [0.2, 0.25) is 0 Å². The smallest absolute Gasteiger partial charge is 0.121 e. The van der Waals surface area contributed by atoms with E-state index in [0.29, 0.717) is 18.0 Å². The van der Waals surface area contributed by atoms with Gasteiger partial charge in [-0.1, -0.05) is 24.6 Å². The third kappa shape index (κ3) is 3.44. The normalized spacial score (nSPS) is 12.1. The minimum atomic E-state index is 0.218. The SMILES string of the molecule is C#CCC(CC)NCc1c(O)cccc1Cl. The second-order valence-electron chi connectivity index (χ2n) is 3.63. The number of benzene rings is 1. The van der Waals surface area contributed by atoms with E-state index in [2.05, 4.69) is 18.2 Å². The third-order valence-corrected chi connectivity index (χ3v) is 2.87. The Morgan fingerprint density at radius 1 is 1.56 bits per heavy atom. The van der Waals surface area contributed by atoms with Gasteiger partial charge in [0.25, 0.3) is 0 Å². The minimum Gasteiger partial charge on any atom is -0.508 e. The van der Waals surface area contributed by atoms with Gasteiger partial charge in [0.15, 0.2) is 0 Å². The molecule has 1 unspecified atom stereocenters. The summed E-state index contributed by atoms with van der Waals surface area (Å²) in [5.41, 5.74) is 0.722. The monoisotopic (exact) mass is 237 g/mol. The van der Waals surface area contributed by atoms with Gasteiger partial charge in [-0.25, -0.2) is 0 Å². The molecule has 0 fully saturated rings. The molecular weight excluding hydrogens is 222 g/mol. The first-order chi connectivity index (χ1) is 7.69. The summed E-state index contributed by atoms with van der Waals surface area (Å²) in [4.78, 5) is 0. The molecule has 0 saturated carbocycles. The number of terminal acetylenes is 1. The summed E-state index contributed by atoms with van der Waals surface area (Å²) in [6.07, 6.45) is 6.90. The van der Waals surface area contributed by atoms with Crippen molar-refractivity contribution in [2.24, 2.45) is 0 Å². The van der Waals surface area contributed by atoms with E-state index in [4.69, 9.17) is 18.0 Å². The summed E-state index contributed by atoms with van der Waals surface area (Å²) in [7, 11) is 0. The van der Waals surface area contributed by atoms with E-state index < -0.39 is 0 Å². The predicted molar refractivity (Wildman–Crippen MR) is 67.5 cm³/mol. The van der Waals surface area contributed by atoms with E-state index in [0.717, 1.165) is 12.0 Å². The van der Waals surface area contributed by atoms with Gasteiger partial charge >= 0.3 is 0 Å². The quantitative estimate of drug-likeness (QED) is 0.772. The molecule has 0 radical (unpaired) electrons. The van der Waals surface area contributed by atoms with Crippen molar-refractivity contribution in [2.75, 3.05) is 0 Å². The molecule has 2 N–H and O–H groups in total. The lowest BCUT2D eigenvalue weighted by molar-refractivity contribution is 0.453. The Kier molecular flexibility index (Phi) is 5.18. The van der Waals surface area contributed by atoms with Crippen molar-refractivity contribution in [3.05, 3.63) is 28.8 Å². The van der Waals surface area contributed by atoms with Gasteiger partial charge in [-0.2, -0.15) is 0 Å². The Morgan fingerprint density at radius 2 is 2.31 bits per heavy atom. The molecule has 0 amide bonds. The summed E-state index contributed by atoms with van der Waals surface area (Å²) >= 11 is 5.99. The zero-order valence-corrected chi connectivity index (χ0v) is 10.1. The number of aromatic hydroxyl groups is 1. The number of phenolic OH excluding ortho intramolecular Hbond substituents is 1. The lowest BCUT2D eigenvalue weighted by Crippen LogP contribution is -2.27. The summed E-state index contributed by atoms with van der Waals surface area (Å²) in [5, 5.41) is 13.5. The maximum Gasteiger partial charge on any atom is 0.121 e. The van der Waals surface area contributed by atoms with E-state index in [-0.39, 0.29) is 11.8 Å². The second-order valence-corrected chi connectivity index (χ2v) is 4.04. The second kappa shape index (κ2) is 6.42. The largest absolute Gasteiger partial charge is 0.508 e. The summed E-state index contributed by atoms with van der Waals surface area (Å²) < 4.78 is 0. The maximum atomic E-state index is 9.64. The van der Waals surface area contributed by atoms with Crippen LogP contribution in [-0.2, 0) is 6.54 Å². The molecule has 86 valence electrons. The molecule has 16 heavy (non-hydrogen) atoms. The van der Waals surface area contributed by atoms with Gasteiger partial charge in [-0.05, 0) is 18.6 Å². The van der Waals surface area contributed by atoms with Gasteiger partial charge in [-0.15, -0.1) is 12.3 Å². The molecule has 3 heteroatoms. The highest BCUT2D eigenvalue weighted by molar-refractivity contribution is 6.31. The predicted octanol–water partition coefficient (Wildman–Crippen LogP) is 2.94. The third-order valence-electron chi connectivity index (χ3n) is 2.52. The van der Waals surface area contributed by atoms with Crippen molar-refractivity contribution in [1.82, 2.24) is 5.32 Å². The van der Waals surface area contributed by atoms with Crippen LogP contribution in [0, 0.1) is 12.3 Å². The van der Waals surface area contributed by atoms with Gasteiger partial charge in [-0.3, -0.25) is 0 Å². The molecule has 0 aliphatic carbocycles. The van der Waals surface area contributed by atoms with E-state index in [1.165, 1.54) is 0 Å². The van der Waals surface area contributed by atoms with Crippen molar-refractivity contribution in [3.63, 3.8) is 0 Å². The van der Waals surface area contributed by atoms with Gasteiger partial charge in [0.1, 0.15) is 5.75 Å². The lowest BCUT2D eigenvalue weighted by Gasteiger charge is -2.15. The van der Waals surface area contributed by atoms with Crippen LogP contribution in [0.25, 0.3) is 0 Å². The fourth-order valence-electron chi connectivity index (χ4n) is 1.47. The number of phenols is 1. The van der Waals surface area contributed by atoms with Crippen LogP contribution < -0.4 is 5.32 Å². The van der Waals surface area contributed by atoms with E-state index >= 15 is 0 Å². The molecule has 1 aromatic carbocycles. The number of hydrogen-bond acceptors (Lipinski definition) is 2. The van der Waals surface area contributed by atoms with Crippen LogP contribution >= 0.6 is 11.6 Å². The average Bonchev–Trinajstić information content (AvgIpc) is 2.27. The molecule has 1 atom stereocenters. The molecule has 2 nitrogen and oxygen atoms in total. The average molecular weight is 238 g/mol. The van der Waals surface area contributed by atoms with Crippen molar-refractivity contribution in [1.29, 1.82) is 0 Å². The first-order valence-corrected chi connectivity index (χ1v) is 5.70. The number of hydrogen-bond donors (Lipinski definition) is 2. The van der Waals surface area contributed by atoms with Crippen LogP contribution in [0.5, 0.6) is 5.75 Å². The van der Waals surface area contributed by atoms with Crippen molar-refractivity contribution in [3.8, 4) is 18.1 Å². The lowest BCUT2D eigenvalue weighted by atomic mass is 10.1. The molecule has 0 aliphatic heterocycles. The standard InChI is InChI=1S/C13H16ClNO/c1-3-6-10(4-2)15-9-11-12(14)7-5-8-13(11)16/h1,5,7-8,10,15-16H,4,6,9H2,2H3. The molecule has 1 aromatic rings. The Hall–Kier alpha value is -1.17. The van der Waals surface area contributed by atoms with Crippen LogP contribution in [0.2, 0.25) is 5.02 Å². The van der Waals surface area contributed by atoms with E-state index in [1.807, 2.05) is 0 Å². The maximum absolute atomic E-state index is 9.64. The first kappa shape index (κ1) is 12.9. The summed E-state index contributed by atoms with van der Waals surface area (Å²) in [5.74, 6) is 2.84. The molecular formula is C13H16ClNO. The molecule has 0 heterocycles. The number of halogens is 1. The molecule has 0 aromatic heterocycles. The summed E-state index contributed by atoms with van der Waals surface area (Å²) in [6, 6.07) is 5.38. The van der Waals surface area contributed by atoms with E-state index in [1.54, 1.807) is 18.2 Å². The number of rotatable bonds is 5. The molecule has 0 bridgehead atoms. The zero-order chi connectivity index (χ0) is 12.0. The van der Waals surface area contributed by atoms with Gasteiger partial charge in [0, 0.05) is 29.6 Å². The van der Waals surface area contributed by atoms with E-state index in [9.17, 15) is 5.11 Å². The molecule has 0 aliphatic rings. The Morgan fingerprint density at radius 3 is 2.88 bits per heavy atom. The highest BCUT2D eigenvalue weighted by Crippen LogP contribution is 2.25. The topological polar surface area (TPSA) is 32.3 Å². The van der Waals surface area contributed by atoms with Crippen LogP contribution in [0.4, 0.5) is 0 Å². The highest BCUT2D eigenvalue weighted by atomic mass is 35.5. The minimum absolute atomic E-state index is 0.218. The Labute approximate surface area is 102 Å². The van der Waals surface area contributed by atoms with Crippen molar-refractivity contribution in [2.45, 2.75) is 32.4 Å². The van der Waals surface area contributed by atoms with Crippen molar-refractivity contribution < 1.29 is 5.11 Å². The van der Waals surface area contributed by atoms with Gasteiger partial charge < -0.3 is 10.4 Å². The molecule has 0 saturated heterocycles. The molecule has 0 spiro atoms.